The van der Waals surface area contributed by atoms with Gasteiger partial charge in [0, 0.05) is 6.08 Å². The van der Waals surface area contributed by atoms with E-state index in [9.17, 15) is 14.7 Å². The second-order valence-electron chi connectivity index (χ2n) is 6.99. The molecule has 0 aromatic heterocycles. The summed E-state index contributed by atoms with van der Waals surface area (Å²) in [7, 11) is 0. The lowest BCUT2D eigenvalue weighted by Crippen LogP contribution is -2.34. The zero-order valence-corrected chi connectivity index (χ0v) is 15.0. The van der Waals surface area contributed by atoms with E-state index in [4.69, 9.17) is 14.2 Å². The van der Waals surface area contributed by atoms with Gasteiger partial charge in [-0.25, -0.2) is 9.59 Å². The molecule has 25 heavy (non-hydrogen) atoms. The van der Waals surface area contributed by atoms with Crippen LogP contribution in [0.5, 0.6) is 0 Å². The van der Waals surface area contributed by atoms with Crippen molar-refractivity contribution in [2.75, 3.05) is 0 Å². The van der Waals surface area contributed by atoms with E-state index in [-0.39, 0.29) is 6.10 Å². The number of carbonyl (C=O) groups excluding carboxylic acids is 2. The van der Waals surface area contributed by atoms with Crippen LogP contribution in [0.4, 0.5) is 4.79 Å². The number of rotatable bonds is 0. The first-order valence-corrected chi connectivity index (χ1v) is 9.50. The van der Waals surface area contributed by atoms with E-state index < -0.39 is 30.4 Å². The fourth-order valence-electron chi connectivity index (χ4n) is 3.31. The molecule has 0 aromatic rings. The predicted molar refractivity (Wildman–Crippen MR) is 92.0 cm³/mol. The molecule has 0 bridgehead atoms. The van der Waals surface area contributed by atoms with Crippen LogP contribution in [0.1, 0.15) is 71.1 Å². The van der Waals surface area contributed by atoms with Crippen molar-refractivity contribution < 1.29 is 28.9 Å². The number of aliphatic hydroxyl groups excluding tert-OH is 1. The van der Waals surface area contributed by atoms with Gasteiger partial charge in [0.1, 0.15) is 0 Å². The molecule has 142 valence electrons. The maximum Gasteiger partial charge on any atom is 0.509 e. The van der Waals surface area contributed by atoms with E-state index in [2.05, 4.69) is 0 Å². The molecule has 1 fully saturated rings. The molecule has 2 aliphatic rings. The Labute approximate surface area is 149 Å². The molecule has 2 rings (SSSR count). The Bertz CT molecular complexity index is 461. The monoisotopic (exact) mass is 354 g/mol. The third-order valence-corrected chi connectivity index (χ3v) is 4.77. The molecular weight excluding hydrogens is 324 g/mol. The Kier molecular flexibility index (Phi) is 8.25. The number of aliphatic hydroxyl groups is 1. The number of fused-ring (bicyclic) bond motifs is 1. The maximum atomic E-state index is 11.9. The summed E-state index contributed by atoms with van der Waals surface area (Å²) in [6.07, 6.45) is 9.76. The van der Waals surface area contributed by atoms with Gasteiger partial charge in [-0.1, -0.05) is 44.9 Å². The lowest BCUT2D eigenvalue weighted by atomic mass is 10.00. The van der Waals surface area contributed by atoms with Gasteiger partial charge >= 0.3 is 12.1 Å². The molecule has 4 atom stereocenters. The summed E-state index contributed by atoms with van der Waals surface area (Å²) in [4.78, 5) is 23.3. The molecule has 0 aromatic carbocycles. The third kappa shape index (κ3) is 7.06. The van der Waals surface area contributed by atoms with Gasteiger partial charge in [-0.2, -0.15) is 0 Å². The van der Waals surface area contributed by atoms with Crippen molar-refractivity contribution in [1.82, 2.24) is 0 Å². The minimum absolute atomic E-state index is 0.139. The van der Waals surface area contributed by atoms with Crippen molar-refractivity contribution in [3.8, 4) is 0 Å². The van der Waals surface area contributed by atoms with Crippen LogP contribution in [-0.4, -0.2) is 41.6 Å². The Balaban J connectivity index is 1.96. The zero-order valence-electron chi connectivity index (χ0n) is 15.0. The second kappa shape index (κ2) is 10.4. The molecule has 0 unspecified atom stereocenters. The van der Waals surface area contributed by atoms with Gasteiger partial charge in [-0.3, -0.25) is 0 Å². The lowest BCUT2D eigenvalue weighted by molar-refractivity contribution is -0.142. The zero-order chi connectivity index (χ0) is 18.1. The highest BCUT2D eigenvalue weighted by Gasteiger charge is 2.39. The average molecular weight is 354 g/mol. The molecule has 0 aliphatic carbocycles. The van der Waals surface area contributed by atoms with Crippen molar-refractivity contribution in [3.63, 3.8) is 0 Å². The fourth-order valence-corrected chi connectivity index (χ4v) is 3.31. The van der Waals surface area contributed by atoms with Gasteiger partial charge in [-0.05, 0) is 32.3 Å². The summed E-state index contributed by atoms with van der Waals surface area (Å²) < 4.78 is 15.4. The normalized spacial score (nSPS) is 34.6. The Morgan fingerprint density at radius 2 is 1.48 bits per heavy atom. The molecule has 0 spiro atoms. The summed E-state index contributed by atoms with van der Waals surface area (Å²) in [5, 5.41) is 10.3. The number of carbonyl (C=O) groups is 2. The minimum atomic E-state index is -0.814. The smallest absolute Gasteiger partial charge is 0.460 e. The van der Waals surface area contributed by atoms with E-state index >= 15 is 0 Å². The van der Waals surface area contributed by atoms with Gasteiger partial charge in [0.15, 0.2) is 12.2 Å². The second-order valence-corrected chi connectivity index (χ2v) is 6.99. The molecule has 6 heteroatoms. The lowest BCUT2D eigenvalue weighted by Gasteiger charge is -2.19. The first-order chi connectivity index (χ1) is 12.1. The Hall–Kier alpha value is -1.56. The molecule has 1 saturated heterocycles. The van der Waals surface area contributed by atoms with E-state index in [1.807, 2.05) is 6.92 Å². The molecular formula is C19H30O6. The van der Waals surface area contributed by atoms with Crippen molar-refractivity contribution in [3.05, 3.63) is 12.2 Å². The molecule has 2 aliphatic heterocycles. The van der Waals surface area contributed by atoms with Crippen LogP contribution in [0.25, 0.3) is 0 Å². The van der Waals surface area contributed by atoms with Crippen molar-refractivity contribution in [1.29, 1.82) is 0 Å². The van der Waals surface area contributed by atoms with Crippen LogP contribution in [0.2, 0.25) is 0 Å². The van der Waals surface area contributed by atoms with Gasteiger partial charge < -0.3 is 19.3 Å². The molecule has 2 heterocycles. The summed E-state index contributed by atoms with van der Waals surface area (Å²) in [6.45, 7) is 1.88. The van der Waals surface area contributed by atoms with Crippen molar-refractivity contribution >= 4 is 12.1 Å². The van der Waals surface area contributed by atoms with Crippen LogP contribution in [0, 0.1) is 0 Å². The highest BCUT2D eigenvalue weighted by molar-refractivity contribution is 5.82. The van der Waals surface area contributed by atoms with Crippen LogP contribution in [0.3, 0.4) is 0 Å². The molecule has 0 radical (unpaired) electrons. The standard InChI is InChI=1S/C19H30O6/c1-14-10-8-6-4-2-3-5-7-9-11-15(20)18-16(24-19(22)25-18)12-13-17(21)23-14/h12-16,18,20H,2-11H2,1H3/b13-12+/t14-,15+,16+,18-/m0/s1. The summed E-state index contributed by atoms with van der Waals surface area (Å²) in [5.41, 5.74) is 0. The van der Waals surface area contributed by atoms with Crippen molar-refractivity contribution in [2.45, 2.75) is 95.5 Å². The van der Waals surface area contributed by atoms with Gasteiger partial charge in [0.25, 0.3) is 0 Å². The highest BCUT2D eigenvalue weighted by atomic mass is 16.8. The molecule has 1 N–H and O–H groups in total. The Morgan fingerprint density at radius 3 is 2.16 bits per heavy atom. The summed E-state index contributed by atoms with van der Waals surface area (Å²) >= 11 is 0. The average Bonchev–Trinajstić information content (AvgIpc) is 2.94. The summed E-state index contributed by atoms with van der Waals surface area (Å²) in [6, 6.07) is 0. The van der Waals surface area contributed by atoms with Gasteiger partial charge in [-0.15, -0.1) is 0 Å². The quantitative estimate of drug-likeness (QED) is 0.669. The van der Waals surface area contributed by atoms with Crippen molar-refractivity contribution in [2.24, 2.45) is 0 Å². The minimum Gasteiger partial charge on any atom is -0.460 e. The first kappa shape index (κ1) is 19.8. The molecule has 0 amide bonds. The van der Waals surface area contributed by atoms with E-state index in [0.29, 0.717) is 6.42 Å². The fraction of sp³-hybridized carbons (Fsp3) is 0.789. The molecule has 6 nitrogen and oxygen atoms in total. The number of hydrogen-bond donors (Lipinski definition) is 1. The topological polar surface area (TPSA) is 82.1 Å². The predicted octanol–water partition coefficient (Wildman–Crippen LogP) is 3.65. The number of ether oxygens (including phenoxy) is 3. The van der Waals surface area contributed by atoms with Crippen LogP contribution < -0.4 is 0 Å². The highest BCUT2D eigenvalue weighted by Crippen LogP contribution is 2.23. The van der Waals surface area contributed by atoms with E-state index in [0.717, 1.165) is 38.5 Å². The number of cyclic esters (lactones) is 1. The first-order valence-electron chi connectivity index (χ1n) is 9.50. The third-order valence-electron chi connectivity index (χ3n) is 4.77. The van der Waals surface area contributed by atoms with Crippen LogP contribution in [0.15, 0.2) is 12.2 Å². The van der Waals surface area contributed by atoms with E-state index in [1.165, 1.54) is 31.4 Å². The number of esters is 1. The maximum absolute atomic E-state index is 11.9. The SMILES string of the molecule is C[C@H]1CCCCCCCCCC[C@@H](O)[C@@H]2OC(=O)O[C@@H]2/C=C/C(=O)O1. The van der Waals surface area contributed by atoms with Crippen LogP contribution >= 0.6 is 0 Å². The molecule has 0 saturated carbocycles. The van der Waals surface area contributed by atoms with Gasteiger partial charge in [0.2, 0.25) is 0 Å². The Morgan fingerprint density at radius 1 is 0.880 bits per heavy atom. The summed E-state index contributed by atoms with van der Waals surface area (Å²) in [5.74, 6) is -0.468. The number of hydrogen-bond acceptors (Lipinski definition) is 6. The van der Waals surface area contributed by atoms with Crippen LogP contribution in [-0.2, 0) is 19.0 Å². The largest absolute Gasteiger partial charge is 0.509 e. The van der Waals surface area contributed by atoms with Gasteiger partial charge in [0.05, 0.1) is 12.2 Å². The van der Waals surface area contributed by atoms with E-state index in [1.54, 1.807) is 0 Å².